The van der Waals surface area contributed by atoms with Gasteiger partial charge in [-0.2, -0.15) is 0 Å². The van der Waals surface area contributed by atoms with Gasteiger partial charge in [-0.25, -0.2) is 0 Å². The number of rotatable bonds is 3. The number of hydrogen-bond acceptors (Lipinski definition) is 2. The van der Waals surface area contributed by atoms with Crippen molar-refractivity contribution in [3.63, 3.8) is 0 Å². The fourth-order valence-corrected chi connectivity index (χ4v) is 1.70. The Morgan fingerprint density at radius 3 is 2.40 bits per heavy atom. The normalized spacial score (nSPS) is 10.1. The molecule has 0 heterocycles. The van der Waals surface area contributed by atoms with Crippen LogP contribution in [0.5, 0.6) is 0 Å². The quantitative estimate of drug-likeness (QED) is 0.616. The number of ether oxygens (including phenoxy) is 1. The summed E-state index contributed by atoms with van der Waals surface area (Å²) in [6, 6.07) is 3.09. The van der Waals surface area contributed by atoms with Crippen molar-refractivity contribution < 1.29 is 9.53 Å². The third-order valence-corrected chi connectivity index (χ3v) is 2.80. The standard InChI is InChI=1S/C10H9Cl3O2/c1-2-15-10(14)4-6-3-8(12)9(13)5-7(6)11/h3,5H,2,4H2,1H3. The summed E-state index contributed by atoms with van der Waals surface area (Å²) in [5.74, 6) is -0.335. The van der Waals surface area contributed by atoms with Gasteiger partial charge in [-0.05, 0) is 24.6 Å². The molecule has 0 bridgehead atoms. The van der Waals surface area contributed by atoms with E-state index >= 15 is 0 Å². The van der Waals surface area contributed by atoms with Crippen LogP contribution in [0.15, 0.2) is 12.1 Å². The third kappa shape index (κ3) is 3.56. The molecule has 82 valence electrons. The zero-order valence-corrected chi connectivity index (χ0v) is 10.3. The molecule has 5 heteroatoms. The second-order valence-corrected chi connectivity index (χ2v) is 4.06. The second kappa shape index (κ2) is 5.59. The van der Waals surface area contributed by atoms with Gasteiger partial charge in [0.05, 0.1) is 23.1 Å². The number of esters is 1. The minimum Gasteiger partial charge on any atom is -0.466 e. The highest BCUT2D eigenvalue weighted by molar-refractivity contribution is 6.43. The molecule has 0 N–H and O–H groups in total. The molecule has 0 atom stereocenters. The van der Waals surface area contributed by atoms with E-state index in [9.17, 15) is 4.79 Å². The molecule has 0 aromatic heterocycles. The van der Waals surface area contributed by atoms with E-state index in [0.717, 1.165) is 0 Å². The van der Waals surface area contributed by atoms with Crippen molar-refractivity contribution >= 4 is 40.8 Å². The van der Waals surface area contributed by atoms with E-state index < -0.39 is 0 Å². The molecule has 0 aliphatic heterocycles. The van der Waals surface area contributed by atoms with Crippen LogP contribution in [-0.4, -0.2) is 12.6 Å². The Hall–Kier alpha value is -0.440. The summed E-state index contributed by atoms with van der Waals surface area (Å²) in [6.45, 7) is 2.09. The van der Waals surface area contributed by atoms with Gasteiger partial charge in [0, 0.05) is 5.02 Å². The van der Waals surface area contributed by atoms with Crippen LogP contribution in [0.1, 0.15) is 12.5 Å². The first-order valence-corrected chi connectivity index (χ1v) is 5.47. The van der Waals surface area contributed by atoms with Gasteiger partial charge < -0.3 is 4.74 Å². The van der Waals surface area contributed by atoms with E-state index in [1.807, 2.05) is 0 Å². The summed E-state index contributed by atoms with van der Waals surface area (Å²) in [7, 11) is 0. The highest BCUT2D eigenvalue weighted by Gasteiger charge is 2.10. The lowest BCUT2D eigenvalue weighted by Gasteiger charge is -2.06. The monoisotopic (exact) mass is 266 g/mol. The molecule has 0 saturated heterocycles. The number of benzene rings is 1. The van der Waals surface area contributed by atoms with Crippen LogP contribution < -0.4 is 0 Å². The predicted octanol–water partition coefficient (Wildman–Crippen LogP) is 3.75. The highest BCUT2D eigenvalue weighted by atomic mass is 35.5. The van der Waals surface area contributed by atoms with Gasteiger partial charge in [0.15, 0.2) is 0 Å². The minimum absolute atomic E-state index is 0.101. The molecule has 0 unspecified atom stereocenters. The maximum absolute atomic E-state index is 11.2. The summed E-state index contributed by atoms with van der Waals surface area (Å²) >= 11 is 17.4. The van der Waals surface area contributed by atoms with Crippen molar-refractivity contribution in [2.45, 2.75) is 13.3 Å². The average molecular weight is 268 g/mol. The largest absolute Gasteiger partial charge is 0.466 e. The third-order valence-electron chi connectivity index (χ3n) is 1.73. The summed E-state index contributed by atoms with van der Waals surface area (Å²) in [5.41, 5.74) is 0.615. The van der Waals surface area contributed by atoms with E-state index in [-0.39, 0.29) is 12.4 Å². The van der Waals surface area contributed by atoms with Crippen molar-refractivity contribution in [3.8, 4) is 0 Å². The molecule has 1 aromatic rings. The fraction of sp³-hybridized carbons (Fsp3) is 0.300. The van der Waals surface area contributed by atoms with Gasteiger partial charge in [-0.1, -0.05) is 34.8 Å². The second-order valence-electron chi connectivity index (χ2n) is 2.84. The lowest BCUT2D eigenvalue weighted by atomic mass is 10.1. The molecule has 0 aliphatic rings. The first-order chi connectivity index (χ1) is 7.04. The van der Waals surface area contributed by atoms with Gasteiger partial charge >= 0.3 is 5.97 Å². The van der Waals surface area contributed by atoms with Gasteiger partial charge in [0.2, 0.25) is 0 Å². The Kier molecular flexibility index (Phi) is 4.71. The van der Waals surface area contributed by atoms with Crippen LogP contribution in [-0.2, 0) is 16.0 Å². The van der Waals surface area contributed by atoms with Crippen molar-refractivity contribution in [1.82, 2.24) is 0 Å². The minimum atomic E-state index is -0.335. The Morgan fingerprint density at radius 1 is 1.20 bits per heavy atom. The fourth-order valence-electron chi connectivity index (χ4n) is 1.07. The first kappa shape index (κ1) is 12.6. The molecule has 0 radical (unpaired) electrons. The molecular weight excluding hydrogens is 258 g/mol. The Bertz CT molecular complexity index is 377. The van der Waals surface area contributed by atoms with Gasteiger partial charge in [0.1, 0.15) is 0 Å². The zero-order valence-electron chi connectivity index (χ0n) is 8.02. The number of halogens is 3. The van der Waals surface area contributed by atoms with Gasteiger partial charge in [0.25, 0.3) is 0 Å². The molecule has 0 saturated carbocycles. The molecular formula is C10H9Cl3O2. The summed E-state index contributed by atoms with van der Waals surface area (Å²) in [4.78, 5) is 11.2. The van der Waals surface area contributed by atoms with Crippen LogP contribution in [0, 0.1) is 0 Å². The number of carbonyl (C=O) groups excluding carboxylic acids is 1. The van der Waals surface area contributed by atoms with Crippen LogP contribution >= 0.6 is 34.8 Å². The van der Waals surface area contributed by atoms with Crippen LogP contribution in [0.25, 0.3) is 0 Å². The molecule has 15 heavy (non-hydrogen) atoms. The summed E-state index contributed by atoms with van der Waals surface area (Å²) in [6.07, 6.45) is 0.101. The lowest BCUT2D eigenvalue weighted by molar-refractivity contribution is -0.142. The van der Waals surface area contributed by atoms with Crippen LogP contribution in [0.4, 0.5) is 0 Å². The smallest absolute Gasteiger partial charge is 0.310 e. The molecule has 1 aromatic carbocycles. The predicted molar refractivity (Wildman–Crippen MR) is 61.8 cm³/mol. The molecule has 0 aliphatic carbocycles. The topological polar surface area (TPSA) is 26.3 Å². The van der Waals surface area contributed by atoms with E-state index in [1.165, 1.54) is 6.07 Å². The van der Waals surface area contributed by atoms with E-state index in [0.29, 0.717) is 27.2 Å². The first-order valence-electron chi connectivity index (χ1n) is 4.33. The summed E-state index contributed by atoms with van der Waals surface area (Å²) < 4.78 is 4.80. The van der Waals surface area contributed by atoms with Crippen molar-refractivity contribution in [2.24, 2.45) is 0 Å². The van der Waals surface area contributed by atoms with Crippen molar-refractivity contribution in [2.75, 3.05) is 6.61 Å². The Labute approximate surface area is 103 Å². The Morgan fingerprint density at radius 2 is 1.80 bits per heavy atom. The van der Waals surface area contributed by atoms with E-state index in [4.69, 9.17) is 39.5 Å². The van der Waals surface area contributed by atoms with Crippen LogP contribution in [0.2, 0.25) is 15.1 Å². The van der Waals surface area contributed by atoms with E-state index in [2.05, 4.69) is 0 Å². The lowest BCUT2D eigenvalue weighted by Crippen LogP contribution is -2.07. The van der Waals surface area contributed by atoms with Crippen molar-refractivity contribution in [3.05, 3.63) is 32.8 Å². The molecule has 1 rings (SSSR count). The van der Waals surface area contributed by atoms with Crippen LogP contribution in [0.3, 0.4) is 0 Å². The SMILES string of the molecule is CCOC(=O)Cc1cc(Cl)c(Cl)cc1Cl. The molecule has 0 amide bonds. The summed E-state index contributed by atoms with van der Waals surface area (Å²) in [5, 5.41) is 1.16. The van der Waals surface area contributed by atoms with Gasteiger partial charge in [-0.15, -0.1) is 0 Å². The molecule has 0 spiro atoms. The maximum atomic E-state index is 11.2. The molecule has 0 fully saturated rings. The maximum Gasteiger partial charge on any atom is 0.310 e. The zero-order chi connectivity index (χ0) is 11.4. The number of carbonyl (C=O) groups is 1. The Balaban J connectivity index is 2.86. The molecule has 2 nitrogen and oxygen atoms in total. The number of hydrogen-bond donors (Lipinski definition) is 0. The van der Waals surface area contributed by atoms with E-state index in [1.54, 1.807) is 13.0 Å². The highest BCUT2D eigenvalue weighted by Crippen LogP contribution is 2.29. The average Bonchev–Trinajstić information content (AvgIpc) is 2.14. The van der Waals surface area contributed by atoms with Crippen molar-refractivity contribution in [1.29, 1.82) is 0 Å². The van der Waals surface area contributed by atoms with Gasteiger partial charge in [-0.3, -0.25) is 4.79 Å².